The Morgan fingerprint density at radius 3 is 2.19 bits per heavy atom. The van der Waals surface area contributed by atoms with Crippen molar-refractivity contribution in [2.75, 3.05) is 20.8 Å². The number of ketones is 1. The number of ether oxygens (including phenoxy) is 3. The van der Waals surface area contributed by atoms with E-state index >= 15 is 0 Å². The lowest BCUT2D eigenvalue weighted by Gasteiger charge is -2.09. The minimum absolute atomic E-state index is 0.0000104. The maximum Gasteiger partial charge on any atom is 0.210 e. The molecule has 1 aromatic carbocycles. The van der Waals surface area contributed by atoms with Gasteiger partial charge in [0.2, 0.25) is 5.78 Å². The number of carbonyl (C=O) groups is 1. The van der Waals surface area contributed by atoms with Gasteiger partial charge in [0.1, 0.15) is 17.2 Å². The Kier molecular flexibility index (Phi) is 5.22. The molecule has 0 spiro atoms. The second-order valence-corrected chi connectivity index (χ2v) is 5.55. The SMILES string of the molecule is CCc1ccc(C(=O)COc2cc(OC)cc(OC)c2)s1. The van der Waals surface area contributed by atoms with Crippen LogP contribution in [0.4, 0.5) is 0 Å². The molecule has 0 amide bonds. The number of methoxy groups -OCH3 is 2. The van der Waals surface area contributed by atoms with Gasteiger partial charge in [0.25, 0.3) is 0 Å². The molecule has 0 saturated heterocycles. The van der Waals surface area contributed by atoms with E-state index < -0.39 is 0 Å². The van der Waals surface area contributed by atoms with E-state index in [1.165, 1.54) is 16.2 Å². The second kappa shape index (κ2) is 7.13. The molecule has 0 bridgehead atoms. The highest BCUT2D eigenvalue weighted by atomic mass is 32.1. The standard InChI is InChI=1S/C16H18O4S/c1-4-14-5-6-16(21-14)15(17)10-20-13-8-11(18-2)7-12(9-13)19-3/h5-9H,4,10H2,1-3H3. The van der Waals surface area contributed by atoms with E-state index in [-0.39, 0.29) is 12.4 Å². The summed E-state index contributed by atoms with van der Waals surface area (Å²) in [6.45, 7) is 2.07. The summed E-state index contributed by atoms with van der Waals surface area (Å²) in [4.78, 5) is 14.0. The fourth-order valence-corrected chi connectivity index (χ4v) is 2.67. The summed E-state index contributed by atoms with van der Waals surface area (Å²) in [5.41, 5.74) is 0. The van der Waals surface area contributed by atoms with Crippen LogP contribution in [-0.4, -0.2) is 26.6 Å². The molecule has 0 aliphatic carbocycles. The molecule has 0 unspecified atom stereocenters. The third kappa shape index (κ3) is 3.98. The monoisotopic (exact) mass is 306 g/mol. The van der Waals surface area contributed by atoms with Crippen LogP contribution in [0, 0.1) is 0 Å². The minimum Gasteiger partial charge on any atom is -0.496 e. The average Bonchev–Trinajstić information content (AvgIpc) is 3.01. The highest BCUT2D eigenvalue weighted by Gasteiger charge is 2.11. The Morgan fingerprint density at radius 1 is 1.05 bits per heavy atom. The zero-order valence-corrected chi connectivity index (χ0v) is 13.2. The smallest absolute Gasteiger partial charge is 0.210 e. The topological polar surface area (TPSA) is 44.8 Å². The van der Waals surface area contributed by atoms with Gasteiger partial charge >= 0.3 is 0 Å². The van der Waals surface area contributed by atoms with Crippen LogP contribution in [0.5, 0.6) is 17.2 Å². The first-order chi connectivity index (χ1) is 10.2. The van der Waals surface area contributed by atoms with Crippen LogP contribution in [-0.2, 0) is 6.42 Å². The highest BCUT2D eigenvalue weighted by Crippen LogP contribution is 2.27. The lowest BCUT2D eigenvalue weighted by atomic mass is 10.3. The van der Waals surface area contributed by atoms with Gasteiger partial charge < -0.3 is 14.2 Å². The molecular formula is C16H18O4S. The zero-order chi connectivity index (χ0) is 15.2. The summed E-state index contributed by atoms with van der Waals surface area (Å²) in [6, 6.07) is 9.03. The normalized spacial score (nSPS) is 10.2. The lowest BCUT2D eigenvalue weighted by molar-refractivity contribution is 0.0925. The maximum atomic E-state index is 12.1. The Hall–Kier alpha value is -2.01. The first-order valence-corrected chi connectivity index (χ1v) is 7.45. The second-order valence-electron chi connectivity index (χ2n) is 4.38. The number of hydrogen-bond acceptors (Lipinski definition) is 5. The van der Waals surface area contributed by atoms with Crippen molar-refractivity contribution in [3.8, 4) is 17.2 Å². The van der Waals surface area contributed by atoms with Gasteiger partial charge in [-0.05, 0) is 18.6 Å². The Bertz CT molecular complexity index is 596. The molecule has 112 valence electrons. The first kappa shape index (κ1) is 15.4. The van der Waals surface area contributed by atoms with E-state index in [0.29, 0.717) is 17.2 Å². The van der Waals surface area contributed by atoms with E-state index in [1.54, 1.807) is 32.4 Å². The molecule has 4 nitrogen and oxygen atoms in total. The van der Waals surface area contributed by atoms with Gasteiger partial charge in [-0.15, -0.1) is 11.3 Å². The molecule has 1 aromatic heterocycles. The number of thiophene rings is 1. The quantitative estimate of drug-likeness (QED) is 0.733. The third-order valence-corrected chi connectivity index (χ3v) is 4.25. The van der Waals surface area contributed by atoms with Crippen LogP contribution in [0.25, 0.3) is 0 Å². The Balaban J connectivity index is 2.03. The zero-order valence-electron chi connectivity index (χ0n) is 12.3. The molecule has 0 radical (unpaired) electrons. The van der Waals surface area contributed by atoms with Crippen molar-refractivity contribution in [1.82, 2.24) is 0 Å². The fourth-order valence-electron chi connectivity index (χ4n) is 1.80. The summed E-state index contributed by atoms with van der Waals surface area (Å²) in [7, 11) is 3.14. The number of hydrogen-bond donors (Lipinski definition) is 0. The van der Waals surface area contributed by atoms with E-state index in [1.807, 2.05) is 12.1 Å². The van der Waals surface area contributed by atoms with Gasteiger partial charge in [-0.1, -0.05) is 6.92 Å². The van der Waals surface area contributed by atoms with Crippen molar-refractivity contribution in [2.45, 2.75) is 13.3 Å². The molecule has 0 fully saturated rings. The van der Waals surface area contributed by atoms with E-state index in [0.717, 1.165) is 11.3 Å². The molecule has 2 rings (SSSR count). The maximum absolute atomic E-state index is 12.1. The van der Waals surface area contributed by atoms with Gasteiger partial charge in [0.05, 0.1) is 19.1 Å². The number of carbonyl (C=O) groups excluding carboxylic acids is 1. The molecule has 0 N–H and O–H groups in total. The summed E-state index contributed by atoms with van der Waals surface area (Å²) < 4.78 is 15.9. The van der Waals surface area contributed by atoms with E-state index in [2.05, 4.69) is 6.92 Å². The average molecular weight is 306 g/mol. The van der Waals surface area contributed by atoms with Crippen LogP contribution in [0.1, 0.15) is 21.5 Å². The summed E-state index contributed by atoms with van der Waals surface area (Å²) >= 11 is 1.51. The number of rotatable bonds is 7. The van der Waals surface area contributed by atoms with Crippen molar-refractivity contribution < 1.29 is 19.0 Å². The Morgan fingerprint density at radius 2 is 1.67 bits per heavy atom. The largest absolute Gasteiger partial charge is 0.496 e. The van der Waals surface area contributed by atoms with Gasteiger partial charge in [-0.2, -0.15) is 0 Å². The third-order valence-electron chi connectivity index (χ3n) is 2.98. The summed E-state index contributed by atoms with van der Waals surface area (Å²) in [5.74, 6) is 1.77. The molecule has 0 saturated carbocycles. The highest BCUT2D eigenvalue weighted by molar-refractivity contribution is 7.14. The Labute approximate surface area is 128 Å². The van der Waals surface area contributed by atoms with Gasteiger partial charge in [-0.25, -0.2) is 0 Å². The predicted molar refractivity (Wildman–Crippen MR) is 83.1 cm³/mol. The number of benzene rings is 1. The molecule has 0 aliphatic heterocycles. The molecule has 5 heteroatoms. The summed E-state index contributed by atoms with van der Waals surface area (Å²) in [6.07, 6.45) is 0.936. The van der Waals surface area contributed by atoms with Crippen molar-refractivity contribution >= 4 is 17.1 Å². The predicted octanol–water partition coefficient (Wildman–Crippen LogP) is 3.59. The molecule has 21 heavy (non-hydrogen) atoms. The molecular weight excluding hydrogens is 288 g/mol. The molecule has 2 aromatic rings. The molecule has 0 aliphatic rings. The van der Waals surface area contributed by atoms with Crippen LogP contribution >= 0.6 is 11.3 Å². The van der Waals surface area contributed by atoms with Gasteiger partial charge in [0, 0.05) is 23.1 Å². The molecule has 1 heterocycles. The lowest BCUT2D eigenvalue weighted by Crippen LogP contribution is -2.10. The van der Waals surface area contributed by atoms with Crippen LogP contribution in [0.2, 0.25) is 0 Å². The first-order valence-electron chi connectivity index (χ1n) is 6.64. The number of Topliss-reactive ketones (excluding diaryl/α,β-unsaturated/α-hetero) is 1. The van der Waals surface area contributed by atoms with Crippen molar-refractivity contribution in [2.24, 2.45) is 0 Å². The summed E-state index contributed by atoms with van der Waals surface area (Å²) in [5, 5.41) is 0. The minimum atomic E-state index is -0.0264. The number of aryl methyl sites for hydroxylation is 1. The van der Waals surface area contributed by atoms with Crippen molar-refractivity contribution in [3.05, 3.63) is 40.1 Å². The van der Waals surface area contributed by atoms with Crippen LogP contribution in [0.3, 0.4) is 0 Å². The van der Waals surface area contributed by atoms with E-state index in [9.17, 15) is 4.79 Å². The van der Waals surface area contributed by atoms with Crippen LogP contribution < -0.4 is 14.2 Å². The van der Waals surface area contributed by atoms with Gasteiger partial charge in [0.15, 0.2) is 6.61 Å². The fraction of sp³-hybridized carbons (Fsp3) is 0.312. The van der Waals surface area contributed by atoms with Crippen molar-refractivity contribution in [3.63, 3.8) is 0 Å². The van der Waals surface area contributed by atoms with E-state index in [4.69, 9.17) is 14.2 Å². The van der Waals surface area contributed by atoms with Gasteiger partial charge in [-0.3, -0.25) is 4.79 Å². The molecule has 0 atom stereocenters. The van der Waals surface area contributed by atoms with Crippen molar-refractivity contribution in [1.29, 1.82) is 0 Å². The van der Waals surface area contributed by atoms with Crippen LogP contribution in [0.15, 0.2) is 30.3 Å².